The fourth-order valence-corrected chi connectivity index (χ4v) is 2.87. The Morgan fingerprint density at radius 1 is 1.16 bits per heavy atom. The molecule has 0 aliphatic heterocycles. The van der Waals surface area contributed by atoms with Crippen molar-refractivity contribution in [3.8, 4) is 0 Å². The van der Waals surface area contributed by atoms with Crippen molar-refractivity contribution < 1.29 is 4.79 Å². The maximum atomic E-state index is 12.8. The molecule has 3 aromatic rings. The van der Waals surface area contributed by atoms with Crippen LogP contribution in [0.15, 0.2) is 64.7 Å². The van der Waals surface area contributed by atoms with Crippen LogP contribution in [0.5, 0.6) is 0 Å². The second-order valence-corrected chi connectivity index (χ2v) is 5.61. The summed E-state index contributed by atoms with van der Waals surface area (Å²) in [5.74, 6) is -0.202. The second kappa shape index (κ2) is 6.60. The Bertz CT molecular complexity index is 1090. The van der Waals surface area contributed by atoms with E-state index in [2.05, 4.69) is 16.9 Å². The summed E-state index contributed by atoms with van der Waals surface area (Å²) in [7, 11) is 0. The SMILES string of the molecule is C=CCn1c(C(=O)Nc2cccc(=O)[nH]2)c(C)c2ccccc2c1=O. The molecule has 2 heterocycles. The van der Waals surface area contributed by atoms with Crippen molar-refractivity contribution in [1.29, 1.82) is 0 Å². The summed E-state index contributed by atoms with van der Waals surface area (Å²) < 4.78 is 1.39. The highest BCUT2D eigenvalue weighted by molar-refractivity contribution is 6.06. The lowest BCUT2D eigenvalue weighted by Gasteiger charge is -2.16. The zero-order valence-electron chi connectivity index (χ0n) is 13.7. The van der Waals surface area contributed by atoms with E-state index in [1.54, 1.807) is 37.3 Å². The largest absolute Gasteiger partial charge is 0.309 e. The number of aromatic nitrogens is 2. The summed E-state index contributed by atoms with van der Waals surface area (Å²) >= 11 is 0. The number of allylic oxidation sites excluding steroid dienone is 1. The summed E-state index contributed by atoms with van der Waals surface area (Å²) in [5.41, 5.74) is 0.352. The summed E-state index contributed by atoms with van der Waals surface area (Å²) in [4.78, 5) is 39.5. The van der Waals surface area contributed by atoms with E-state index < -0.39 is 5.91 Å². The van der Waals surface area contributed by atoms with E-state index in [1.165, 1.54) is 10.6 Å². The molecule has 25 heavy (non-hydrogen) atoms. The maximum Gasteiger partial charge on any atom is 0.273 e. The summed E-state index contributed by atoms with van der Waals surface area (Å²) in [6.45, 7) is 5.67. The van der Waals surface area contributed by atoms with Crippen LogP contribution >= 0.6 is 0 Å². The van der Waals surface area contributed by atoms with Gasteiger partial charge in [-0.25, -0.2) is 0 Å². The van der Waals surface area contributed by atoms with Crippen LogP contribution < -0.4 is 16.4 Å². The van der Waals surface area contributed by atoms with Gasteiger partial charge in [0.05, 0.1) is 0 Å². The van der Waals surface area contributed by atoms with E-state index in [0.717, 1.165) is 5.39 Å². The molecule has 1 amide bonds. The van der Waals surface area contributed by atoms with Gasteiger partial charge in [-0.3, -0.25) is 19.0 Å². The lowest BCUT2D eigenvalue weighted by molar-refractivity contribution is 0.101. The van der Waals surface area contributed by atoms with E-state index in [-0.39, 0.29) is 29.2 Å². The van der Waals surface area contributed by atoms with Gasteiger partial charge in [0.2, 0.25) is 5.56 Å². The molecule has 2 N–H and O–H groups in total. The van der Waals surface area contributed by atoms with Crippen LogP contribution in [-0.4, -0.2) is 15.5 Å². The van der Waals surface area contributed by atoms with Crippen molar-refractivity contribution in [2.24, 2.45) is 0 Å². The smallest absolute Gasteiger partial charge is 0.273 e. The number of fused-ring (bicyclic) bond motifs is 1. The molecule has 0 fully saturated rings. The monoisotopic (exact) mass is 335 g/mol. The second-order valence-electron chi connectivity index (χ2n) is 5.61. The predicted molar refractivity (Wildman–Crippen MR) is 98.2 cm³/mol. The molecule has 6 nitrogen and oxygen atoms in total. The normalized spacial score (nSPS) is 10.6. The van der Waals surface area contributed by atoms with Gasteiger partial charge in [0, 0.05) is 18.0 Å². The molecule has 6 heteroatoms. The van der Waals surface area contributed by atoms with Gasteiger partial charge < -0.3 is 10.3 Å². The number of amides is 1. The number of hydrogen-bond donors (Lipinski definition) is 2. The Morgan fingerprint density at radius 2 is 1.88 bits per heavy atom. The van der Waals surface area contributed by atoms with Crippen LogP contribution in [0.1, 0.15) is 16.1 Å². The maximum absolute atomic E-state index is 12.8. The molecular weight excluding hydrogens is 318 g/mol. The molecule has 2 aromatic heterocycles. The third-order valence-corrected chi connectivity index (χ3v) is 3.98. The average Bonchev–Trinajstić information content (AvgIpc) is 2.59. The zero-order chi connectivity index (χ0) is 18.0. The molecule has 126 valence electrons. The molecule has 0 spiro atoms. The number of aryl methyl sites for hydroxylation is 1. The van der Waals surface area contributed by atoms with Gasteiger partial charge in [-0.2, -0.15) is 0 Å². The lowest BCUT2D eigenvalue weighted by Crippen LogP contribution is -2.30. The zero-order valence-corrected chi connectivity index (χ0v) is 13.7. The Balaban J connectivity index is 2.20. The van der Waals surface area contributed by atoms with Gasteiger partial charge in [0.15, 0.2) is 0 Å². The quantitative estimate of drug-likeness (QED) is 0.718. The summed E-state index contributed by atoms with van der Waals surface area (Å²) in [5, 5.41) is 3.91. The minimum absolute atomic E-state index is 0.207. The van der Waals surface area contributed by atoms with Crippen molar-refractivity contribution in [3.63, 3.8) is 0 Å². The van der Waals surface area contributed by atoms with E-state index >= 15 is 0 Å². The minimum atomic E-state index is -0.468. The van der Waals surface area contributed by atoms with E-state index in [1.807, 2.05) is 12.1 Å². The Morgan fingerprint density at radius 3 is 2.56 bits per heavy atom. The standard InChI is InChI=1S/C19H17N3O3/c1-3-11-22-17(18(24)21-15-9-6-10-16(23)20-15)12(2)13-7-4-5-8-14(13)19(22)25/h3-10H,1,11H2,2H3,(H2,20,21,23,24). The first-order chi connectivity index (χ1) is 12.0. The van der Waals surface area contributed by atoms with Gasteiger partial charge >= 0.3 is 0 Å². The fraction of sp³-hybridized carbons (Fsp3) is 0.105. The molecule has 0 aliphatic rings. The number of hydrogen-bond acceptors (Lipinski definition) is 3. The lowest BCUT2D eigenvalue weighted by atomic mass is 10.0. The van der Waals surface area contributed by atoms with Crippen LogP contribution in [0.2, 0.25) is 0 Å². The molecule has 0 aliphatic carbocycles. The molecule has 0 saturated carbocycles. The van der Waals surface area contributed by atoms with Crippen molar-refractivity contribution in [2.45, 2.75) is 13.5 Å². The number of carbonyl (C=O) groups excluding carboxylic acids is 1. The Labute approximate surface area is 143 Å². The molecule has 0 bridgehead atoms. The van der Waals surface area contributed by atoms with E-state index in [4.69, 9.17) is 0 Å². The van der Waals surface area contributed by atoms with Crippen LogP contribution in [-0.2, 0) is 6.54 Å². The number of benzene rings is 1. The highest BCUT2D eigenvalue weighted by Gasteiger charge is 2.19. The first kappa shape index (κ1) is 16.4. The summed E-state index contributed by atoms with van der Waals surface area (Å²) in [6, 6.07) is 11.6. The van der Waals surface area contributed by atoms with Gasteiger partial charge in [-0.15, -0.1) is 6.58 Å². The molecular formula is C19H17N3O3. The van der Waals surface area contributed by atoms with Crippen LogP contribution in [0.4, 0.5) is 5.82 Å². The Hall–Kier alpha value is -3.41. The summed E-state index contributed by atoms with van der Waals surface area (Å²) in [6.07, 6.45) is 1.57. The molecule has 3 rings (SSSR count). The Kier molecular flexibility index (Phi) is 4.35. The number of H-pyrrole nitrogens is 1. The van der Waals surface area contributed by atoms with Crippen LogP contribution in [0.25, 0.3) is 10.8 Å². The highest BCUT2D eigenvalue weighted by atomic mass is 16.2. The topological polar surface area (TPSA) is 84.0 Å². The molecule has 1 aromatic carbocycles. The number of aromatic amines is 1. The van der Waals surface area contributed by atoms with Gasteiger partial charge in [-0.05, 0) is 30.0 Å². The van der Waals surface area contributed by atoms with E-state index in [0.29, 0.717) is 10.9 Å². The number of rotatable bonds is 4. The highest BCUT2D eigenvalue weighted by Crippen LogP contribution is 2.19. The van der Waals surface area contributed by atoms with Crippen molar-refractivity contribution >= 4 is 22.5 Å². The van der Waals surface area contributed by atoms with Gasteiger partial charge in [0.25, 0.3) is 11.5 Å². The molecule has 0 saturated heterocycles. The van der Waals surface area contributed by atoms with Crippen molar-refractivity contribution in [2.75, 3.05) is 5.32 Å². The number of anilines is 1. The molecule has 0 radical (unpaired) electrons. The van der Waals surface area contributed by atoms with Gasteiger partial charge in [0.1, 0.15) is 11.5 Å². The number of carbonyl (C=O) groups is 1. The van der Waals surface area contributed by atoms with Crippen LogP contribution in [0.3, 0.4) is 0 Å². The molecule has 0 unspecified atom stereocenters. The van der Waals surface area contributed by atoms with Crippen molar-refractivity contribution in [3.05, 3.63) is 87.1 Å². The van der Waals surface area contributed by atoms with Crippen molar-refractivity contribution in [1.82, 2.24) is 9.55 Å². The third kappa shape index (κ3) is 3.01. The predicted octanol–water partition coefficient (Wildman–Crippen LogP) is 2.44. The van der Waals surface area contributed by atoms with Gasteiger partial charge in [-0.1, -0.05) is 30.3 Å². The average molecular weight is 335 g/mol. The molecule has 0 atom stereocenters. The first-order valence-electron chi connectivity index (χ1n) is 7.76. The fourth-order valence-electron chi connectivity index (χ4n) is 2.87. The number of nitrogens with one attached hydrogen (secondary N) is 2. The number of nitrogens with zero attached hydrogens (tertiary/aromatic N) is 1. The third-order valence-electron chi connectivity index (χ3n) is 3.98. The van der Waals surface area contributed by atoms with E-state index in [9.17, 15) is 14.4 Å². The number of pyridine rings is 2. The van der Waals surface area contributed by atoms with Crippen LogP contribution in [0, 0.1) is 6.92 Å². The minimum Gasteiger partial charge on any atom is -0.309 e. The first-order valence-corrected chi connectivity index (χ1v) is 7.76.